The van der Waals surface area contributed by atoms with Gasteiger partial charge in [-0.1, -0.05) is 12.0 Å². The molecule has 2 aromatic rings. The Hall–Kier alpha value is -2.21. The molecule has 0 saturated carbocycles. The number of aryl methyl sites for hydroxylation is 1. The maximum atomic E-state index is 12.7. The minimum absolute atomic E-state index is 0.435. The number of halogens is 3. The summed E-state index contributed by atoms with van der Waals surface area (Å²) in [4.78, 5) is 6.16. The molecule has 0 aliphatic carbocycles. The summed E-state index contributed by atoms with van der Waals surface area (Å²) in [6, 6.07) is 2.26. The molecular formula is C12H12F3N5. The van der Waals surface area contributed by atoms with Gasteiger partial charge in [0.15, 0.2) is 0 Å². The smallest absolute Gasteiger partial charge is 0.344 e. The van der Waals surface area contributed by atoms with Gasteiger partial charge in [-0.25, -0.2) is 0 Å². The van der Waals surface area contributed by atoms with Crippen LogP contribution in [-0.2, 0) is 12.7 Å². The number of fused-ring (bicyclic) bond motifs is 1. The number of rotatable bonds is 3. The second kappa shape index (κ2) is 5.05. The van der Waals surface area contributed by atoms with Gasteiger partial charge in [0.05, 0.1) is 11.6 Å². The van der Waals surface area contributed by atoms with Crippen LogP contribution in [-0.4, -0.2) is 9.55 Å². The van der Waals surface area contributed by atoms with Crippen molar-refractivity contribution in [3.8, 4) is 0 Å². The van der Waals surface area contributed by atoms with Gasteiger partial charge in [0.2, 0.25) is 0 Å². The zero-order valence-electron chi connectivity index (χ0n) is 10.9. The fraction of sp³-hybridized carbons (Fsp3) is 0.417. The highest BCUT2D eigenvalue weighted by Crippen LogP contribution is 2.32. The predicted octanol–water partition coefficient (Wildman–Crippen LogP) is 4.45. The number of aromatic nitrogens is 2. The molecule has 0 bridgehead atoms. The Bertz CT molecular complexity index is 682. The molecular weight excluding hydrogens is 271 g/mol. The first kappa shape index (κ1) is 14.2. The van der Waals surface area contributed by atoms with Gasteiger partial charge in [0, 0.05) is 28.7 Å². The third kappa shape index (κ3) is 2.42. The molecule has 0 aromatic carbocycles. The molecule has 2 aromatic heterocycles. The van der Waals surface area contributed by atoms with E-state index in [9.17, 15) is 13.2 Å². The Labute approximate surface area is 112 Å². The van der Waals surface area contributed by atoms with Crippen LogP contribution in [0, 0.1) is 0 Å². The lowest BCUT2D eigenvalue weighted by Crippen LogP contribution is -2.08. The number of pyridine rings is 1. The maximum absolute atomic E-state index is 12.7. The fourth-order valence-corrected chi connectivity index (χ4v) is 2.17. The molecule has 106 valence electrons. The molecule has 0 fully saturated rings. The quantitative estimate of drug-likeness (QED) is 0.466. The topological polar surface area (TPSA) is 66.6 Å². The number of hydrogen-bond donors (Lipinski definition) is 0. The molecule has 5 nitrogen and oxygen atoms in total. The molecule has 2 heterocycles. The largest absolute Gasteiger partial charge is 0.433 e. The van der Waals surface area contributed by atoms with Crippen LogP contribution in [0.2, 0.25) is 0 Å². The van der Waals surface area contributed by atoms with Crippen molar-refractivity contribution in [3.63, 3.8) is 0 Å². The number of hydrogen-bond acceptors (Lipinski definition) is 2. The Kier molecular flexibility index (Phi) is 3.59. The zero-order valence-corrected chi connectivity index (χ0v) is 10.9. The molecule has 8 heteroatoms. The molecule has 20 heavy (non-hydrogen) atoms. The van der Waals surface area contributed by atoms with Crippen molar-refractivity contribution in [3.05, 3.63) is 40.2 Å². The second-order valence-corrected chi connectivity index (χ2v) is 4.32. The molecule has 0 radical (unpaired) electrons. The summed E-state index contributed by atoms with van der Waals surface area (Å²) in [6.07, 6.45) is -3.29. The third-order valence-corrected chi connectivity index (χ3v) is 3.08. The van der Waals surface area contributed by atoms with Crippen LogP contribution in [0.4, 0.5) is 13.2 Å². The third-order valence-electron chi connectivity index (χ3n) is 3.08. The number of alkyl halides is 3. The molecule has 1 unspecified atom stereocenters. The molecule has 0 aliphatic rings. The van der Waals surface area contributed by atoms with Crippen LogP contribution in [0.25, 0.3) is 21.3 Å². The van der Waals surface area contributed by atoms with E-state index in [1.54, 1.807) is 17.6 Å². The summed E-state index contributed by atoms with van der Waals surface area (Å²) in [7, 11) is 0. The van der Waals surface area contributed by atoms with E-state index in [4.69, 9.17) is 5.53 Å². The van der Waals surface area contributed by atoms with Gasteiger partial charge < -0.3 is 4.57 Å². The van der Waals surface area contributed by atoms with Crippen molar-refractivity contribution < 1.29 is 13.2 Å². The van der Waals surface area contributed by atoms with Gasteiger partial charge in [0.1, 0.15) is 5.69 Å². The second-order valence-electron chi connectivity index (χ2n) is 4.32. The summed E-state index contributed by atoms with van der Waals surface area (Å²) >= 11 is 0. The molecule has 0 spiro atoms. The highest BCUT2D eigenvalue weighted by molar-refractivity contribution is 5.81. The maximum Gasteiger partial charge on any atom is 0.433 e. The molecule has 0 saturated heterocycles. The highest BCUT2D eigenvalue weighted by Gasteiger charge is 2.33. The van der Waals surface area contributed by atoms with Crippen molar-refractivity contribution >= 4 is 10.9 Å². The molecule has 0 amide bonds. The van der Waals surface area contributed by atoms with Crippen molar-refractivity contribution in [1.82, 2.24) is 9.55 Å². The van der Waals surface area contributed by atoms with E-state index in [1.165, 1.54) is 6.20 Å². The molecule has 0 aliphatic heterocycles. The van der Waals surface area contributed by atoms with E-state index in [2.05, 4.69) is 15.0 Å². The first-order valence-electron chi connectivity index (χ1n) is 5.99. The monoisotopic (exact) mass is 283 g/mol. The summed E-state index contributed by atoms with van der Waals surface area (Å²) in [5, 5.41) is 4.18. The average Bonchev–Trinajstić information content (AvgIpc) is 2.75. The zero-order chi connectivity index (χ0) is 14.9. The SMILES string of the molecule is CCn1c(C(C)N=[N+]=[N-])cc2cnc(C(F)(F)F)cc21. The van der Waals surface area contributed by atoms with Crippen molar-refractivity contribution in [1.29, 1.82) is 0 Å². The average molecular weight is 283 g/mol. The van der Waals surface area contributed by atoms with Gasteiger partial charge in [-0.05, 0) is 24.6 Å². The lowest BCUT2D eigenvalue weighted by molar-refractivity contribution is -0.141. The number of nitrogens with zero attached hydrogens (tertiary/aromatic N) is 5. The van der Waals surface area contributed by atoms with E-state index in [0.29, 0.717) is 23.1 Å². The highest BCUT2D eigenvalue weighted by atomic mass is 19.4. The van der Waals surface area contributed by atoms with Gasteiger partial charge >= 0.3 is 6.18 Å². The summed E-state index contributed by atoms with van der Waals surface area (Å²) < 4.78 is 39.8. The summed E-state index contributed by atoms with van der Waals surface area (Å²) in [5.74, 6) is 0. The van der Waals surface area contributed by atoms with Gasteiger partial charge in [-0.3, -0.25) is 4.98 Å². The van der Waals surface area contributed by atoms with Crippen LogP contribution in [0.5, 0.6) is 0 Å². The standard InChI is InChI=1S/C12H12F3N5/c1-3-20-9(7(2)18-19-16)4-8-6-17-11(5-10(8)20)12(13,14)15/h4-7H,3H2,1-2H3. The fourth-order valence-electron chi connectivity index (χ4n) is 2.17. The van der Waals surface area contributed by atoms with Crippen LogP contribution >= 0.6 is 0 Å². The van der Waals surface area contributed by atoms with E-state index in [0.717, 1.165) is 6.07 Å². The first-order chi connectivity index (χ1) is 9.38. The van der Waals surface area contributed by atoms with Crippen LogP contribution in [0.3, 0.4) is 0 Å². The van der Waals surface area contributed by atoms with Gasteiger partial charge in [-0.15, -0.1) is 0 Å². The van der Waals surface area contributed by atoms with Crippen molar-refractivity contribution in [2.75, 3.05) is 0 Å². The first-order valence-corrected chi connectivity index (χ1v) is 5.99. The Morgan fingerprint density at radius 1 is 1.45 bits per heavy atom. The van der Waals surface area contributed by atoms with E-state index < -0.39 is 17.9 Å². The van der Waals surface area contributed by atoms with Crippen molar-refractivity contribution in [2.45, 2.75) is 32.6 Å². The van der Waals surface area contributed by atoms with Crippen LogP contribution in [0.1, 0.15) is 31.3 Å². The van der Waals surface area contributed by atoms with Crippen molar-refractivity contribution in [2.24, 2.45) is 5.11 Å². The van der Waals surface area contributed by atoms with Gasteiger partial charge in [-0.2, -0.15) is 13.2 Å². The Balaban J connectivity index is 2.66. The van der Waals surface area contributed by atoms with E-state index in [1.807, 2.05) is 6.92 Å². The van der Waals surface area contributed by atoms with E-state index in [-0.39, 0.29) is 0 Å². The van der Waals surface area contributed by atoms with Crippen LogP contribution in [0.15, 0.2) is 23.4 Å². The summed E-state index contributed by atoms with van der Waals surface area (Å²) in [5.41, 5.74) is 8.65. The Morgan fingerprint density at radius 2 is 2.15 bits per heavy atom. The number of azide groups is 1. The predicted molar refractivity (Wildman–Crippen MR) is 68.0 cm³/mol. The minimum Gasteiger partial charge on any atom is -0.344 e. The van der Waals surface area contributed by atoms with Crippen LogP contribution < -0.4 is 0 Å². The lowest BCUT2D eigenvalue weighted by Gasteiger charge is -2.11. The molecule has 0 N–H and O–H groups in total. The molecule has 1 atom stereocenters. The van der Waals surface area contributed by atoms with Gasteiger partial charge in [0.25, 0.3) is 0 Å². The van der Waals surface area contributed by atoms with E-state index >= 15 is 0 Å². The minimum atomic E-state index is -4.48. The normalized spacial score (nSPS) is 13.2. The Morgan fingerprint density at radius 3 is 2.70 bits per heavy atom. The lowest BCUT2D eigenvalue weighted by atomic mass is 10.2. The summed E-state index contributed by atoms with van der Waals surface area (Å²) in [6.45, 7) is 3.99. The molecule has 2 rings (SSSR count).